The number of hydrogen-bond donors (Lipinski definition) is 4. The van der Waals surface area contributed by atoms with Crippen LogP contribution in [0.3, 0.4) is 0 Å². The van der Waals surface area contributed by atoms with Crippen molar-refractivity contribution in [3.05, 3.63) is 90.0 Å². The van der Waals surface area contributed by atoms with Crippen molar-refractivity contribution in [1.82, 2.24) is 5.32 Å². The number of carbonyl (C=O) groups is 3. The van der Waals surface area contributed by atoms with Crippen LogP contribution in [0.15, 0.2) is 83.8 Å². The lowest BCUT2D eigenvalue weighted by atomic mass is 10.2. The van der Waals surface area contributed by atoms with Crippen LogP contribution in [0.2, 0.25) is 0 Å². The van der Waals surface area contributed by atoms with Crippen molar-refractivity contribution in [3.8, 4) is 0 Å². The van der Waals surface area contributed by atoms with Crippen LogP contribution in [0.5, 0.6) is 0 Å². The topological polar surface area (TPSA) is 131 Å². The molecule has 8 nitrogen and oxygen atoms in total. The molecule has 9 heteroatoms. The molecule has 0 heterocycles. The van der Waals surface area contributed by atoms with E-state index in [-0.39, 0.29) is 24.1 Å². The maximum absolute atomic E-state index is 12.5. The third-order valence-corrected chi connectivity index (χ3v) is 5.95. The van der Waals surface area contributed by atoms with Crippen molar-refractivity contribution in [2.75, 3.05) is 16.4 Å². The predicted octanol–water partition coefficient (Wildman–Crippen LogP) is 3.84. The number of carboxylic acid groups (broad SMARTS) is 1. The molecule has 0 aliphatic carbocycles. The molecule has 0 aromatic heterocycles. The molecule has 3 aromatic rings. The molecule has 0 bridgehead atoms. The zero-order valence-electron chi connectivity index (χ0n) is 17.6. The molecular formula is C24H23N3O5S. The lowest BCUT2D eigenvalue weighted by Gasteiger charge is -2.11. The minimum absolute atomic E-state index is 0.0334. The van der Waals surface area contributed by atoms with Gasteiger partial charge in [-0.25, -0.2) is 4.79 Å². The van der Waals surface area contributed by atoms with Crippen molar-refractivity contribution >= 4 is 40.5 Å². The van der Waals surface area contributed by atoms with E-state index in [1.165, 1.54) is 0 Å². The number of nitrogens with one attached hydrogen (secondary N) is 3. The van der Waals surface area contributed by atoms with E-state index in [0.717, 1.165) is 5.56 Å². The van der Waals surface area contributed by atoms with Gasteiger partial charge >= 0.3 is 12.0 Å². The molecule has 1 unspecified atom stereocenters. The summed E-state index contributed by atoms with van der Waals surface area (Å²) in [6.07, 6.45) is -0.176. The summed E-state index contributed by atoms with van der Waals surface area (Å²) in [5.41, 5.74) is 2.45. The molecule has 0 aliphatic heterocycles. The van der Waals surface area contributed by atoms with Crippen molar-refractivity contribution in [3.63, 3.8) is 0 Å². The van der Waals surface area contributed by atoms with E-state index in [9.17, 15) is 18.9 Å². The van der Waals surface area contributed by atoms with Crippen LogP contribution in [-0.2, 0) is 22.5 Å². The van der Waals surface area contributed by atoms with E-state index in [0.29, 0.717) is 28.4 Å². The second-order valence-corrected chi connectivity index (χ2v) is 8.61. The van der Waals surface area contributed by atoms with Crippen LogP contribution in [0.1, 0.15) is 22.3 Å². The smallest absolute Gasteiger partial charge is 0.319 e. The standard InChI is InChI=1S/C24H23N3O5S/c28-22(29)14-15-33(32)21-12-10-19(11-13-21)26-23(30)18-6-8-20(9-7-18)27-24(31)25-16-17-4-2-1-3-5-17/h1-13H,14-16H2,(H,26,30)(H,28,29)(H2,25,27,31). The third-order valence-electron chi connectivity index (χ3n) is 4.58. The lowest BCUT2D eigenvalue weighted by Crippen LogP contribution is -2.28. The van der Waals surface area contributed by atoms with Crippen LogP contribution < -0.4 is 16.0 Å². The van der Waals surface area contributed by atoms with E-state index in [4.69, 9.17) is 5.11 Å². The highest BCUT2D eigenvalue weighted by Gasteiger charge is 2.13. The monoisotopic (exact) mass is 465 g/mol. The van der Waals surface area contributed by atoms with Gasteiger partial charge in [-0.15, -0.1) is 0 Å². The van der Waals surface area contributed by atoms with Gasteiger partial charge < -0.3 is 25.6 Å². The average Bonchev–Trinajstić information content (AvgIpc) is 2.83. The highest BCUT2D eigenvalue weighted by molar-refractivity contribution is 7.91. The molecule has 0 fully saturated rings. The van der Waals surface area contributed by atoms with Crippen molar-refractivity contribution in [1.29, 1.82) is 0 Å². The summed E-state index contributed by atoms with van der Waals surface area (Å²) in [7, 11) is 0. The van der Waals surface area contributed by atoms with Gasteiger partial charge in [-0.1, -0.05) is 30.3 Å². The molecule has 0 saturated heterocycles. The normalized spacial score (nSPS) is 11.3. The van der Waals surface area contributed by atoms with E-state index in [2.05, 4.69) is 16.0 Å². The number of amides is 3. The Morgan fingerprint density at radius 1 is 0.818 bits per heavy atom. The van der Waals surface area contributed by atoms with Gasteiger partial charge in [0.1, 0.15) is 5.75 Å². The first kappa shape index (κ1) is 23.8. The zero-order valence-corrected chi connectivity index (χ0v) is 18.4. The van der Waals surface area contributed by atoms with Gasteiger partial charge in [0.25, 0.3) is 5.91 Å². The quantitative estimate of drug-likeness (QED) is 0.357. The summed E-state index contributed by atoms with van der Waals surface area (Å²) in [4.78, 5) is 35.6. The van der Waals surface area contributed by atoms with E-state index in [1.807, 2.05) is 30.3 Å². The largest absolute Gasteiger partial charge is 0.611 e. The Morgan fingerprint density at radius 3 is 2.06 bits per heavy atom. The number of aliphatic carboxylic acids is 1. The second kappa shape index (κ2) is 11.7. The highest BCUT2D eigenvalue weighted by Crippen LogP contribution is 2.17. The van der Waals surface area contributed by atoms with Gasteiger partial charge in [-0.05, 0) is 65.3 Å². The summed E-state index contributed by atoms with van der Waals surface area (Å²) < 4.78 is 12.1. The minimum Gasteiger partial charge on any atom is -0.611 e. The van der Waals surface area contributed by atoms with Gasteiger partial charge in [-0.2, -0.15) is 0 Å². The Labute approximate surface area is 194 Å². The molecule has 0 radical (unpaired) electrons. The number of rotatable bonds is 9. The van der Waals surface area contributed by atoms with E-state index < -0.39 is 17.1 Å². The highest BCUT2D eigenvalue weighted by atomic mass is 32.2. The molecule has 1 atom stereocenters. The Bertz CT molecular complexity index is 1090. The van der Waals surface area contributed by atoms with E-state index in [1.54, 1.807) is 48.5 Å². The van der Waals surface area contributed by atoms with Gasteiger partial charge in [0.2, 0.25) is 0 Å². The molecule has 0 spiro atoms. The van der Waals surface area contributed by atoms with Gasteiger partial charge in [0.05, 0.1) is 6.42 Å². The number of urea groups is 1. The number of anilines is 2. The summed E-state index contributed by atoms with van der Waals surface area (Å²) in [5.74, 6) is -1.30. The Balaban J connectivity index is 1.49. The fourth-order valence-electron chi connectivity index (χ4n) is 2.85. The van der Waals surface area contributed by atoms with Crippen LogP contribution >= 0.6 is 0 Å². The maximum atomic E-state index is 12.5. The fourth-order valence-corrected chi connectivity index (χ4v) is 3.88. The fraction of sp³-hybridized carbons (Fsp3) is 0.125. The summed E-state index contributed by atoms with van der Waals surface area (Å²) in [6.45, 7) is 0.402. The Kier molecular flexibility index (Phi) is 8.45. The van der Waals surface area contributed by atoms with Crippen LogP contribution in [-0.4, -0.2) is 33.3 Å². The van der Waals surface area contributed by atoms with Crippen LogP contribution in [0.4, 0.5) is 16.2 Å². The number of benzene rings is 3. The molecule has 0 saturated carbocycles. The maximum Gasteiger partial charge on any atom is 0.319 e. The third kappa shape index (κ3) is 7.67. The number of carboxylic acids is 1. The summed E-state index contributed by atoms with van der Waals surface area (Å²) in [5, 5.41) is 16.9. The SMILES string of the molecule is O=C(O)CC[S+]([O-])c1ccc(NC(=O)c2ccc(NC(=O)NCc3ccccc3)cc2)cc1. The molecule has 170 valence electrons. The first-order valence-electron chi connectivity index (χ1n) is 10.1. The Morgan fingerprint density at radius 2 is 1.42 bits per heavy atom. The summed E-state index contributed by atoms with van der Waals surface area (Å²) in [6, 6.07) is 22.0. The molecule has 0 aliphatic rings. The predicted molar refractivity (Wildman–Crippen MR) is 127 cm³/mol. The number of hydrogen-bond acceptors (Lipinski definition) is 4. The number of carbonyl (C=O) groups excluding carboxylic acids is 2. The van der Waals surface area contributed by atoms with Crippen molar-refractivity contribution in [2.24, 2.45) is 0 Å². The second-order valence-electron chi connectivity index (χ2n) is 7.04. The molecule has 3 aromatic carbocycles. The molecule has 33 heavy (non-hydrogen) atoms. The first-order chi connectivity index (χ1) is 15.9. The Hall–Kier alpha value is -3.82. The molecule has 4 N–H and O–H groups in total. The zero-order chi connectivity index (χ0) is 23.6. The van der Waals surface area contributed by atoms with Crippen molar-refractivity contribution in [2.45, 2.75) is 17.9 Å². The van der Waals surface area contributed by atoms with Crippen LogP contribution in [0, 0.1) is 0 Å². The average molecular weight is 466 g/mol. The lowest BCUT2D eigenvalue weighted by molar-refractivity contribution is -0.136. The summed E-state index contributed by atoms with van der Waals surface area (Å²) >= 11 is -1.41. The van der Waals surface area contributed by atoms with Crippen LogP contribution in [0.25, 0.3) is 0 Å². The molecular weight excluding hydrogens is 442 g/mol. The van der Waals surface area contributed by atoms with E-state index >= 15 is 0 Å². The molecule has 3 rings (SSSR count). The van der Waals surface area contributed by atoms with Gasteiger partial charge in [0, 0.05) is 23.5 Å². The van der Waals surface area contributed by atoms with Crippen molar-refractivity contribution < 1.29 is 24.0 Å². The van der Waals surface area contributed by atoms with Gasteiger partial charge in [-0.3, -0.25) is 9.59 Å². The van der Waals surface area contributed by atoms with Gasteiger partial charge in [0.15, 0.2) is 4.90 Å². The molecule has 3 amide bonds. The first-order valence-corrected chi connectivity index (χ1v) is 11.4. The minimum atomic E-state index is -1.41.